The standard InChI is InChI=1S/C18H22N2O3/c1-3-18(23-2)7-10-20(11-8-18)13-4-5-16-15(12-13)14(17(21)22)6-9-19-16/h4-6,9,12H,3,7-8,10-11H2,1-2H3,(H,21,22). The first-order valence-corrected chi connectivity index (χ1v) is 8.01. The number of methoxy groups -OCH3 is 1. The monoisotopic (exact) mass is 314 g/mol. The van der Waals surface area contributed by atoms with Gasteiger partial charge in [-0.2, -0.15) is 0 Å². The lowest BCUT2D eigenvalue weighted by atomic mass is 9.88. The molecule has 3 rings (SSSR count). The van der Waals surface area contributed by atoms with Crippen LogP contribution in [0.1, 0.15) is 36.5 Å². The molecule has 0 bridgehead atoms. The van der Waals surface area contributed by atoms with Crippen molar-refractivity contribution in [2.24, 2.45) is 0 Å². The van der Waals surface area contributed by atoms with Crippen LogP contribution in [0.4, 0.5) is 5.69 Å². The van der Waals surface area contributed by atoms with E-state index in [-0.39, 0.29) is 5.60 Å². The van der Waals surface area contributed by atoms with Crippen LogP contribution in [0.5, 0.6) is 0 Å². The van der Waals surface area contributed by atoms with Crippen molar-refractivity contribution in [2.75, 3.05) is 25.1 Å². The molecule has 122 valence electrons. The Balaban J connectivity index is 1.90. The number of benzene rings is 1. The van der Waals surface area contributed by atoms with Crippen LogP contribution in [0.2, 0.25) is 0 Å². The molecule has 1 aromatic heterocycles. The summed E-state index contributed by atoms with van der Waals surface area (Å²) in [5, 5.41) is 10.0. The molecule has 1 N–H and O–H groups in total. The second-order valence-corrected chi connectivity index (χ2v) is 6.09. The Labute approximate surface area is 135 Å². The molecule has 0 amide bonds. The Kier molecular flexibility index (Phi) is 4.22. The Morgan fingerprint density at radius 1 is 1.35 bits per heavy atom. The minimum atomic E-state index is -0.919. The number of piperidine rings is 1. The van der Waals surface area contributed by atoms with Gasteiger partial charge >= 0.3 is 5.97 Å². The van der Waals surface area contributed by atoms with Gasteiger partial charge in [0.2, 0.25) is 0 Å². The van der Waals surface area contributed by atoms with Crippen LogP contribution in [0, 0.1) is 0 Å². The molecule has 0 atom stereocenters. The lowest BCUT2D eigenvalue weighted by Gasteiger charge is -2.41. The number of nitrogens with zero attached hydrogens (tertiary/aromatic N) is 2. The van der Waals surface area contributed by atoms with E-state index in [0.29, 0.717) is 16.5 Å². The van der Waals surface area contributed by atoms with Crippen LogP contribution in [0.15, 0.2) is 30.5 Å². The number of carboxylic acids is 1. The summed E-state index contributed by atoms with van der Waals surface area (Å²) in [6, 6.07) is 7.41. The maximum Gasteiger partial charge on any atom is 0.336 e. The van der Waals surface area contributed by atoms with Crippen LogP contribution in [0.25, 0.3) is 10.9 Å². The first-order valence-electron chi connectivity index (χ1n) is 8.01. The Bertz CT molecular complexity index is 715. The number of aromatic carboxylic acids is 1. The number of hydrogen-bond donors (Lipinski definition) is 1. The SMILES string of the molecule is CCC1(OC)CCN(c2ccc3nccc(C(=O)O)c3c2)CC1. The highest BCUT2D eigenvalue weighted by Gasteiger charge is 2.32. The fraction of sp³-hybridized carbons (Fsp3) is 0.444. The maximum absolute atomic E-state index is 11.4. The van der Waals surface area contributed by atoms with Crippen LogP contribution in [0.3, 0.4) is 0 Å². The average Bonchev–Trinajstić information content (AvgIpc) is 2.60. The highest BCUT2D eigenvalue weighted by molar-refractivity contribution is 6.03. The molecule has 0 spiro atoms. The number of anilines is 1. The van der Waals surface area contributed by atoms with Crippen molar-refractivity contribution in [1.82, 2.24) is 4.98 Å². The van der Waals surface area contributed by atoms with Gasteiger partial charge in [0, 0.05) is 37.5 Å². The van der Waals surface area contributed by atoms with E-state index in [1.165, 1.54) is 0 Å². The second kappa shape index (κ2) is 6.16. The number of pyridine rings is 1. The van der Waals surface area contributed by atoms with Gasteiger partial charge in [0.25, 0.3) is 0 Å². The van der Waals surface area contributed by atoms with Gasteiger partial charge in [0.15, 0.2) is 0 Å². The topological polar surface area (TPSA) is 62.7 Å². The van der Waals surface area contributed by atoms with Crippen molar-refractivity contribution in [3.63, 3.8) is 0 Å². The molecule has 0 aliphatic carbocycles. The van der Waals surface area contributed by atoms with Gasteiger partial charge < -0.3 is 14.7 Å². The third-order valence-electron chi connectivity index (χ3n) is 5.07. The van der Waals surface area contributed by atoms with Crippen molar-refractivity contribution < 1.29 is 14.6 Å². The van der Waals surface area contributed by atoms with Crippen molar-refractivity contribution in [1.29, 1.82) is 0 Å². The van der Waals surface area contributed by atoms with Gasteiger partial charge in [-0.15, -0.1) is 0 Å². The fourth-order valence-corrected chi connectivity index (χ4v) is 3.39. The van der Waals surface area contributed by atoms with Crippen LogP contribution in [-0.2, 0) is 4.74 Å². The highest BCUT2D eigenvalue weighted by Crippen LogP contribution is 2.32. The molecule has 1 aliphatic heterocycles. The average molecular weight is 314 g/mol. The zero-order valence-corrected chi connectivity index (χ0v) is 13.6. The quantitative estimate of drug-likeness (QED) is 0.938. The van der Waals surface area contributed by atoms with Crippen LogP contribution < -0.4 is 4.90 Å². The minimum Gasteiger partial charge on any atom is -0.478 e. The zero-order chi connectivity index (χ0) is 16.4. The van der Waals surface area contributed by atoms with E-state index >= 15 is 0 Å². The first kappa shape index (κ1) is 15.7. The summed E-state index contributed by atoms with van der Waals surface area (Å²) in [6.45, 7) is 3.99. The minimum absolute atomic E-state index is 0.0128. The molecular weight excluding hydrogens is 292 g/mol. The first-order chi connectivity index (χ1) is 11.1. The molecule has 0 radical (unpaired) electrons. The molecule has 2 heterocycles. The van der Waals surface area contributed by atoms with E-state index in [4.69, 9.17) is 4.74 Å². The van der Waals surface area contributed by atoms with Crippen LogP contribution in [-0.4, -0.2) is 41.9 Å². The second-order valence-electron chi connectivity index (χ2n) is 6.09. The Hall–Kier alpha value is -2.14. The maximum atomic E-state index is 11.4. The number of carboxylic acid groups (broad SMARTS) is 1. The largest absolute Gasteiger partial charge is 0.478 e. The van der Waals surface area contributed by atoms with E-state index in [2.05, 4.69) is 16.8 Å². The number of fused-ring (bicyclic) bond motifs is 1. The van der Waals surface area contributed by atoms with E-state index < -0.39 is 5.97 Å². The van der Waals surface area contributed by atoms with Gasteiger partial charge in [-0.05, 0) is 43.5 Å². The summed E-state index contributed by atoms with van der Waals surface area (Å²) in [5.41, 5.74) is 2.05. The van der Waals surface area contributed by atoms with Gasteiger partial charge in [-0.3, -0.25) is 4.98 Å². The van der Waals surface area contributed by atoms with E-state index in [1.54, 1.807) is 19.4 Å². The molecular formula is C18H22N2O3. The fourth-order valence-electron chi connectivity index (χ4n) is 3.39. The number of aromatic nitrogens is 1. The van der Waals surface area contributed by atoms with E-state index in [9.17, 15) is 9.90 Å². The van der Waals surface area contributed by atoms with Crippen molar-refractivity contribution in [2.45, 2.75) is 31.8 Å². The lowest BCUT2D eigenvalue weighted by Crippen LogP contribution is -2.45. The molecule has 0 saturated carbocycles. The molecule has 1 aromatic carbocycles. The highest BCUT2D eigenvalue weighted by atomic mass is 16.5. The summed E-state index contributed by atoms with van der Waals surface area (Å²) in [5.74, 6) is -0.919. The summed E-state index contributed by atoms with van der Waals surface area (Å²) >= 11 is 0. The number of rotatable bonds is 4. The zero-order valence-electron chi connectivity index (χ0n) is 13.6. The predicted octanol–water partition coefficient (Wildman–Crippen LogP) is 3.33. The van der Waals surface area contributed by atoms with E-state index in [0.717, 1.165) is 38.0 Å². The molecule has 0 unspecified atom stereocenters. The molecule has 5 heteroatoms. The number of hydrogen-bond acceptors (Lipinski definition) is 4. The smallest absolute Gasteiger partial charge is 0.336 e. The molecule has 1 aliphatic rings. The number of carbonyl (C=O) groups is 1. The third-order valence-corrected chi connectivity index (χ3v) is 5.07. The number of ether oxygens (including phenoxy) is 1. The summed E-state index contributed by atoms with van der Waals surface area (Å²) in [4.78, 5) is 18.0. The Morgan fingerprint density at radius 2 is 2.09 bits per heavy atom. The molecule has 1 saturated heterocycles. The Morgan fingerprint density at radius 3 is 2.70 bits per heavy atom. The van der Waals surface area contributed by atoms with Gasteiger partial charge in [-0.1, -0.05) is 6.92 Å². The van der Waals surface area contributed by atoms with Crippen molar-refractivity contribution in [3.05, 3.63) is 36.0 Å². The third kappa shape index (κ3) is 2.88. The summed E-state index contributed by atoms with van der Waals surface area (Å²) in [7, 11) is 1.79. The molecule has 2 aromatic rings. The van der Waals surface area contributed by atoms with Crippen LogP contribution >= 0.6 is 0 Å². The van der Waals surface area contributed by atoms with Gasteiger partial charge in [0.05, 0.1) is 16.7 Å². The summed E-state index contributed by atoms with van der Waals surface area (Å²) in [6.07, 6.45) is 4.52. The molecule has 5 nitrogen and oxygen atoms in total. The van der Waals surface area contributed by atoms with Gasteiger partial charge in [0.1, 0.15) is 0 Å². The molecule has 1 fully saturated rings. The van der Waals surface area contributed by atoms with Crippen molar-refractivity contribution >= 4 is 22.6 Å². The summed E-state index contributed by atoms with van der Waals surface area (Å²) < 4.78 is 5.72. The lowest BCUT2D eigenvalue weighted by molar-refractivity contribution is -0.0322. The predicted molar refractivity (Wildman–Crippen MR) is 90.2 cm³/mol. The van der Waals surface area contributed by atoms with Gasteiger partial charge in [-0.25, -0.2) is 4.79 Å². The van der Waals surface area contributed by atoms with Crippen molar-refractivity contribution in [3.8, 4) is 0 Å². The molecule has 23 heavy (non-hydrogen) atoms. The van der Waals surface area contributed by atoms with E-state index in [1.807, 2.05) is 18.2 Å². The normalized spacial score (nSPS) is 17.4.